The van der Waals surface area contributed by atoms with E-state index in [1.807, 2.05) is 6.07 Å². The minimum Gasteiger partial charge on any atom is -0.487 e. The zero-order chi connectivity index (χ0) is 26.2. The van der Waals surface area contributed by atoms with E-state index in [1.165, 1.54) is 6.20 Å². The predicted molar refractivity (Wildman–Crippen MR) is 137 cm³/mol. The zero-order valence-corrected chi connectivity index (χ0v) is 21.1. The standard InChI is InChI=1S/C26H31N7O5/c27-15-18-3-4-23(29-16-18)33-17-30-21-14-22(24(32-25(21)33)31-19-5-8-35-9-6-19)37-12-10-36-11-13-38-26(34)20-2-1-7-28-20/h3-4,14,16-17,19-20,28H,1-2,5-13H2,(H,31,32). The number of anilines is 1. The summed E-state index contributed by atoms with van der Waals surface area (Å²) < 4.78 is 24.2. The number of nitrogens with zero attached hydrogens (tertiary/aromatic N) is 5. The van der Waals surface area contributed by atoms with Crippen molar-refractivity contribution < 1.29 is 23.7 Å². The molecule has 0 spiro atoms. The van der Waals surface area contributed by atoms with Gasteiger partial charge in [-0.2, -0.15) is 5.26 Å². The highest BCUT2D eigenvalue weighted by molar-refractivity contribution is 5.78. The van der Waals surface area contributed by atoms with Gasteiger partial charge in [0, 0.05) is 31.5 Å². The number of nitrogens with one attached hydrogen (secondary N) is 2. The molecule has 2 saturated heterocycles. The van der Waals surface area contributed by atoms with Crippen molar-refractivity contribution in [2.45, 2.75) is 37.8 Å². The third-order valence-corrected chi connectivity index (χ3v) is 6.48. The number of nitriles is 1. The Balaban J connectivity index is 1.22. The summed E-state index contributed by atoms with van der Waals surface area (Å²) >= 11 is 0. The van der Waals surface area contributed by atoms with Crippen molar-refractivity contribution in [2.75, 3.05) is 51.5 Å². The lowest BCUT2D eigenvalue weighted by molar-refractivity contribution is -0.147. The summed E-state index contributed by atoms with van der Waals surface area (Å²) in [5, 5.41) is 15.7. The fourth-order valence-corrected chi connectivity index (χ4v) is 4.43. The first kappa shape index (κ1) is 25.8. The van der Waals surface area contributed by atoms with E-state index in [-0.39, 0.29) is 24.7 Å². The van der Waals surface area contributed by atoms with E-state index in [1.54, 1.807) is 23.0 Å². The molecule has 0 radical (unpaired) electrons. The van der Waals surface area contributed by atoms with Crippen LogP contribution in [0.2, 0.25) is 0 Å². The summed E-state index contributed by atoms with van der Waals surface area (Å²) in [5.41, 5.74) is 1.76. The number of carbonyl (C=O) groups is 1. The predicted octanol–water partition coefficient (Wildman–Crippen LogP) is 1.97. The molecule has 2 aliphatic heterocycles. The second-order valence-electron chi connectivity index (χ2n) is 9.12. The summed E-state index contributed by atoms with van der Waals surface area (Å²) in [7, 11) is 0. The van der Waals surface area contributed by atoms with Crippen LogP contribution in [0.5, 0.6) is 5.75 Å². The fraction of sp³-hybridized carbons (Fsp3) is 0.500. The Bertz CT molecular complexity index is 1260. The molecule has 2 aliphatic rings. The largest absolute Gasteiger partial charge is 0.487 e. The average molecular weight is 522 g/mol. The van der Waals surface area contributed by atoms with E-state index in [4.69, 9.17) is 29.2 Å². The van der Waals surface area contributed by atoms with Crippen LogP contribution in [0.1, 0.15) is 31.2 Å². The molecular weight excluding hydrogens is 490 g/mol. The first-order valence-corrected chi connectivity index (χ1v) is 12.9. The maximum atomic E-state index is 11.9. The highest BCUT2D eigenvalue weighted by Gasteiger charge is 2.23. The van der Waals surface area contributed by atoms with Crippen molar-refractivity contribution in [3.05, 3.63) is 36.3 Å². The molecule has 12 heteroatoms. The van der Waals surface area contributed by atoms with Crippen LogP contribution in [-0.2, 0) is 19.0 Å². The number of esters is 1. The van der Waals surface area contributed by atoms with Crippen molar-refractivity contribution in [2.24, 2.45) is 0 Å². The smallest absolute Gasteiger partial charge is 0.323 e. The van der Waals surface area contributed by atoms with E-state index in [2.05, 4.69) is 26.7 Å². The number of aromatic nitrogens is 4. The first-order chi connectivity index (χ1) is 18.7. The number of hydrogen-bond donors (Lipinski definition) is 2. The number of hydrogen-bond acceptors (Lipinski definition) is 11. The molecule has 38 heavy (non-hydrogen) atoms. The molecule has 0 amide bonds. The molecule has 2 fully saturated rings. The van der Waals surface area contributed by atoms with E-state index in [9.17, 15) is 4.79 Å². The molecule has 5 heterocycles. The van der Waals surface area contributed by atoms with E-state index >= 15 is 0 Å². The third-order valence-electron chi connectivity index (χ3n) is 6.48. The van der Waals surface area contributed by atoms with Crippen molar-refractivity contribution >= 4 is 23.0 Å². The lowest BCUT2D eigenvalue weighted by atomic mass is 10.1. The molecule has 3 aromatic rings. The second-order valence-corrected chi connectivity index (χ2v) is 9.12. The minimum absolute atomic E-state index is 0.196. The maximum Gasteiger partial charge on any atom is 0.323 e. The van der Waals surface area contributed by atoms with E-state index < -0.39 is 0 Å². The Morgan fingerprint density at radius 1 is 1.18 bits per heavy atom. The van der Waals surface area contributed by atoms with Crippen LogP contribution < -0.4 is 15.4 Å². The molecule has 1 atom stereocenters. The number of ether oxygens (including phenoxy) is 4. The summed E-state index contributed by atoms with van der Waals surface area (Å²) in [6.07, 6.45) is 6.72. The molecule has 0 aliphatic carbocycles. The topological polar surface area (TPSA) is 145 Å². The van der Waals surface area contributed by atoms with Crippen LogP contribution >= 0.6 is 0 Å². The highest BCUT2D eigenvalue weighted by atomic mass is 16.6. The first-order valence-electron chi connectivity index (χ1n) is 12.9. The van der Waals surface area contributed by atoms with Crippen LogP contribution in [0.4, 0.5) is 5.82 Å². The molecule has 0 saturated carbocycles. The van der Waals surface area contributed by atoms with Gasteiger partial charge >= 0.3 is 5.97 Å². The number of fused-ring (bicyclic) bond motifs is 1. The third kappa shape index (κ3) is 6.36. The lowest BCUT2D eigenvalue weighted by Crippen LogP contribution is -2.33. The van der Waals surface area contributed by atoms with Gasteiger partial charge in [0.15, 0.2) is 17.2 Å². The molecule has 0 aromatic carbocycles. The SMILES string of the molecule is N#Cc1ccc(-n2cnc3cc(OCCOCCOC(=O)C4CCCN4)c(NC4CCOCC4)nc32)nc1. The molecule has 1 unspecified atom stereocenters. The van der Waals surface area contributed by atoms with E-state index in [0.29, 0.717) is 67.1 Å². The molecule has 2 N–H and O–H groups in total. The van der Waals surface area contributed by atoms with Gasteiger partial charge in [0.25, 0.3) is 0 Å². The maximum absolute atomic E-state index is 11.9. The summed E-state index contributed by atoms with van der Waals surface area (Å²) in [6, 6.07) is 7.40. The Hall–Kier alpha value is -3.79. The van der Waals surface area contributed by atoms with Gasteiger partial charge in [0.1, 0.15) is 43.0 Å². The van der Waals surface area contributed by atoms with Gasteiger partial charge in [0.2, 0.25) is 0 Å². The van der Waals surface area contributed by atoms with Crippen LogP contribution in [0.25, 0.3) is 17.0 Å². The summed E-state index contributed by atoms with van der Waals surface area (Å²) in [4.78, 5) is 25.6. The van der Waals surface area contributed by atoms with Crippen molar-refractivity contribution in [1.29, 1.82) is 5.26 Å². The van der Waals surface area contributed by atoms with Crippen molar-refractivity contribution in [1.82, 2.24) is 24.8 Å². The monoisotopic (exact) mass is 521 g/mol. The quantitative estimate of drug-likeness (QED) is 0.282. The molecule has 200 valence electrons. The zero-order valence-electron chi connectivity index (χ0n) is 21.1. The number of rotatable bonds is 11. The molecular formula is C26H31N7O5. The number of carbonyl (C=O) groups excluding carboxylic acids is 1. The number of imidazole rings is 1. The fourth-order valence-electron chi connectivity index (χ4n) is 4.43. The Labute approximate surface area is 220 Å². The van der Waals surface area contributed by atoms with Gasteiger partial charge in [-0.05, 0) is 44.4 Å². The molecule has 5 rings (SSSR count). The summed E-state index contributed by atoms with van der Waals surface area (Å²) in [6.45, 7) is 3.38. The van der Waals surface area contributed by atoms with Crippen LogP contribution in [-0.4, -0.2) is 83.8 Å². The molecule has 0 bridgehead atoms. The highest BCUT2D eigenvalue weighted by Crippen LogP contribution is 2.29. The minimum atomic E-state index is -0.221. The van der Waals surface area contributed by atoms with Gasteiger partial charge in [0.05, 0.1) is 18.8 Å². The lowest BCUT2D eigenvalue weighted by Gasteiger charge is -2.24. The number of pyridine rings is 2. The summed E-state index contributed by atoms with van der Waals surface area (Å²) in [5.74, 6) is 1.57. The van der Waals surface area contributed by atoms with Crippen LogP contribution in [0.15, 0.2) is 30.7 Å². The molecule has 3 aromatic heterocycles. The van der Waals surface area contributed by atoms with Gasteiger partial charge < -0.3 is 29.6 Å². The normalized spacial score (nSPS) is 17.8. The van der Waals surface area contributed by atoms with Gasteiger partial charge in [-0.3, -0.25) is 9.36 Å². The van der Waals surface area contributed by atoms with Gasteiger partial charge in [-0.1, -0.05) is 0 Å². The Morgan fingerprint density at radius 3 is 2.82 bits per heavy atom. The van der Waals surface area contributed by atoms with Crippen molar-refractivity contribution in [3.8, 4) is 17.6 Å². The van der Waals surface area contributed by atoms with Crippen LogP contribution in [0, 0.1) is 11.3 Å². The molecule has 12 nitrogen and oxygen atoms in total. The average Bonchev–Trinajstić information content (AvgIpc) is 3.64. The van der Waals surface area contributed by atoms with Crippen molar-refractivity contribution in [3.63, 3.8) is 0 Å². The van der Waals surface area contributed by atoms with Crippen LogP contribution in [0.3, 0.4) is 0 Å². The van der Waals surface area contributed by atoms with Gasteiger partial charge in [-0.15, -0.1) is 0 Å². The van der Waals surface area contributed by atoms with E-state index in [0.717, 1.165) is 32.2 Å². The second kappa shape index (κ2) is 12.6. The Morgan fingerprint density at radius 2 is 2.05 bits per heavy atom. The Kier molecular flexibility index (Phi) is 8.60. The van der Waals surface area contributed by atoms with Gasteiger partial charge in [-0.25, -0.2) is 15.0 Å².